The molecule has 1 N–H and O–H groups in total. The summed E-state index contributed by atoms with van der Waals surface area (Å²) in [5.41, 5.74) is 2.54. The summed E-state index contributed by atoms with van der Waals surface area (Å²) in [6, 6.07) is 9.22. The first-order chi connectivity index (χ1) is 13.9. The first-order valence-corrected chi connectivity index (χ1v) is 9.47. The maximum Gasteiger partial charge on any atom is 0.416 e. The van der Waals surface area contributed by atoms with E-state index < -0.39 is 11.7 Å². The van der Waals surface area contributed by atoms with Crippen molar-refractivity contribution in [1.29, 1.82) is 0 Å². The van der Waals surface area contributed by atoms with Crippen LogP contribution >= 0.6 is 0 Å². The van der Waals surface area contributed by atoms with Crippen LogP contribution in [0.15, 0.2) is 42.5 Å². The summed E-state index contributed by atoms with van der Waals surface area (Å²) in [4.78, 5) is 12.4. The molecule has 0 aromatic heterocycles. The highest BCUT2D eigenvalue weighted by Crippen LogP contribution is 2.38. The Bertz CT molecular complexity index is 966. The van der Waals surface area contributed by atoms with Crippen molar-refractivity contribution in [2.24, 2.45) is 0 Å². The van der Waals surface area contributed by atoms with Crippen molar-refractivity contribution in [1.82, 2.24) is 5.32 Å². The number of ether oxygens (including phenoxy) is 2. The van der Waals surface area contributed by atoms with Crippen LogP contribution in [-0.2, 0) is 23.9 Å². The number of fused-ring (bicyclic) bond motifs is 2. The van der Waals surface area contributed by atoms with Gasteiger partial charge in [-0.3, -0.25) is 4.79 Å². The molecule has 152 valence electrons. The summed E-state index contributed by atoms with van der Waals surface area (Å²) in [5.74, 6) is 0.759. The molecule has 0 unspecified atom stereocenters. The molecule has 2 heterocycles. The Hall–Kier alpha value is -2.96. The molecule has 0 spiro atoms. The molecular weight excluding hydrogens is 383 g/mol. The number of halogens is 3. The molecule has 2 aliphatic heterocycles. The molecule has 0 radical (unpaired) electrons. The largest absolute Gasteiger partial charge is 0.493 e. The fourth-order valence-corrected chi connectivity index (χ4v) is 3.56. The molecule has 2 aromatic rings. The monoisotopic (exact) mass is 403 g/mol. The van der Waals surface area contributed by atoms with Crippen LogP contribution in [0, 0.1) is 0 Å². The van der Waals surface area contributed by atoms with Gasteiger partial charge in [0.2, 0.25) is 5.91 Å². The summed E-state index contributed by atoms with van der Waals surface area (Å²) in [5, 5.41) is 2.85. The minimum Gasteiger partial charge on any atom is -0.493 e. The zero-order chi connectivity index (χ0) is 20.4. The van der Waals surface area contributed by atoms with Crippen LogP contribution in [0.4, 0.5) is 13.2 Å². The Morgan fingerprint density at radius 1 is 1.03 bits per heavy atom. The summed E-state index contributed by atoms with van der Waals surface area (Å²) in [7, 11) is 0. The van der Waals surface area contributed by atoms with Gasteiger partial charge in [-0.2, -0.15) is 13.2 Å². The molecule has 4 nitrogen and oxygen atoms in total. The van der Waals surface area contributed by atoms with Crippen molar-refractivity contribution < 1.29 is 27.4 Å². The Morgan fingerprint density at radius 2 is 1.86 bits per heavy atom. The molecule has 0 bridgehead atoms. The molecule has 2 aliphatic rings. The third-order valence-corrected chi connectivity index (χ3v) is 5.03. The molecule has 7 heteroatoms. The highest BCUT2D eigenvalue weighted by atomic mass is 19.4. The van der Waals surface area contributed by atoms with E-state index in [4.69, 9.17) is 9.47 Å². The van der Waals surface area contributed by atoms with E-state index >= 15 is 0 Å². The first kappa shape index (κ1) is 19.4. The zero-order valence-electron chi connectivity index (χ0n) is 15.6. The molecule has 0 atom stereocenters. The number of carbonyl (C=O) groups is 1. The minimum atomic E-state index is -4.44. The quantitative estimate of drug-likeness (QED) is 0.767. The van der Waals surface area contributed by atoms with Gasteiger partial charge in [-0.05, 0) is 47.7 Å². The number of nitrogens with one attached hydrogen (secondary N) is 1. The van der Waals surface area contributed by atoms with E-state index in [1.807, 2.05) is 18.2 Å². The van der Waals surface area contributed by atoms with Crippen molar-refractivity contribution in [2.45, 2.75) is 32.0 Å². The summed E-state index contributed by atoms with van der Waals surface area (Å²) >= 11 is 0. The minimum absolute atomic E-state index is 0.162. The maximum atomic E-state index is 13.0. The predicted molar refractivity (Wildman–Crippen MR) is 102 cm³/mol. The van der Waals surface area contributed by atoms with Gasteiger partial charge in [-0.25, -0.2) is 0 Å². The second-order valence-corrected chi connectivity index (χ2v) is 7.09. The lowest BCUT2D eigenvalue weighted by atomic mass is 9.99. The second kappa shape index (κ2) is 7.81. The summed E-state index contributed by atoms with van der Waals surface area (Å²) in [6.45, 7) is 1.35. The highest BCUT2D eigenvalue weighted by Gasteiger charge is 2.32. The van der Waals surface area contributed by atoms with E-state index in [2.05, 4.69) is 5.32 Å². The molecule has 0 aliphatic carbocycles. The van der Waals surface area contributed by atoms with Crippen LogP contribution in [0.2, 0.25) is 0 Å². The van der Waals surface area contributed by atoms with Crippen molar-refractivity contribution in [3.8, 4) is 11.5 Å². The lowest BCUT2D eigenvalue weighted by Crippen LogP contribution is -2.20. The van der Waals surface area contributed by atoms with Gasteiger partial charge < -0.3 is 14.8 Å². The van der Waals surface area contributed by atoms with E-state index in [-0.39, 0.29) is 11.7 Å². The smallest absolute Gasteiger partial charge is 0.416 e. The number of alkyl halides is 3. The molecular formula is C22H20F3NO3. The third kappa shape index (κ3) is 4.39. The molecule has 0 saturated heterocycles. The van der Waals surface area contributed by atoms with Crippen LogP contribution in [0.25, 0.3) is 5.57 Å². The molecule has 1 amide bonds. The van der Waals surface area contributed by atoms with Crippen molar-refractivity contribution in [2.75, 3.05) is 13.2 Å². The average Bonchev–Trinajstić information content (AvgIpc) is 3.06. The fraction of sp³-hybridized carbons (Fsp3) is 0.318. The SMILES string of the molecule is O=C(/C=C1\CCCOc2cc(C(F)(F)F)ccc21)NCc1ccc2c(c1)CCO2. The standard InChI is InChI=1S/C22H20F3NO3/c23-22(24,25)17-4-5-18-15(2-1-8-28-20(18)12-17)11-21(27)26-13-14-3-6-19-16(10-14)7-9-29-19/h3-6,10-12H,1-2,7-9,13H2,(H,26,27)/b15-11+. The summed E-state index contributed by atoms with van der Waals surface area (Å²) in [6.07, 6.45) is -0.941. The van der Waals surface area contributed by atoms with Gasteiger partial charge in [0.05, 0.1) is 18.8 Å². The average molecular weight is 403 g/mol. The Labute approximate surface area is 166 Å². The summed E-state index contributed by atoms with van der Waals surface area (Å²) < 4.78 is 49.9. The lowest BCUT2D eigenvalue weighted by molar-refractivity contribution is -0.137. The van der Waals surface area contributed by atoms with Gasteiger partial charge in [-0.1, -0.05) is 18.2 Å². The van der Waals surface area contributed by atoms with Crippen LogP contribution in [0.3, 0.4) is 0 Å². The molecule has 0 saturated carbocycles. The molecule has 2 aromatic carbocycles. The maximum absolute atomic E-state index is 13.0. The molecule has 29 heavy (non-hydrogen) atoms. The molecule has 4 rings (SSSR count). The second-order valence-electron chi connectivity index (χ2n) is 7.09. The number of benzene rings is 2. The van der Waals surface area contributed by atoms with Crippen LogP contribution in [0.1, 0.15) is 35.1 Å². The number of carbonyl (C=O) groups excluding carboxylic acids is 1. The van der Waals surface area contributed by atoms with E-state index in [0.29, 0.717) is 43.7 Å². The van der Waals surface area contributed by atoms with Crippen molar-refractivity contribution in [3.63, 3.8) is 0 Å². The van der Waals surface area contributed by atoms with Crippen LogP contribution in [-0.4, -0.2) is 19.1 Å². The van der Waals surface area contributed by atoms with Gasteiger partial charge >= 0.3 is 6.18 Å². The van der Waals surface area contributed by atoms with Gasteiger partial charge in [0, 0.05) is 24.6 Å². The Morgan fingerprint density at radius 3 is 2.69 bits per heavy atom. The van der Waals surface area contributed by atoms with E-state index in [1.165, 1.54) is 12.1 Å². The number of allylic oxidation sites excluding steroid dienone is 1. The van der Waals surface area contributed by atoms with Gasteiger partial charge in [0.15, 0.2) is 0 Å². The Kier molecular flexibility index (Phi) is 5.22. The predicted octanol–water partition coefficient (Wildman–Crippen LogP) is 4.51. The van der Waals surface area contributed by atoms with Crippen molar-refractivity contribution in [3.05, 3.63) is 64.7 Å². The topological polar surface area (TPSA) is 47.6 Å². The van der Waals surface area contributed by atoms with Gasteiger partial charge in [0.25, 0.3) is 0 Å². The van der Waals surface area contributed by atoms with Crippen LogP contribution < -0.4 is 14.8 Å². The van der Waals surface area contributed by atoms with Gasteiger partial charge in [-0.15, -0.1) is 0 Å². The number of amides is 1. The molecule has 0 fully saturated rings. The van der Waals surface area contributed by atoms with Gasteiger partial charge in [0.1, 0.15) is 11.5 Å². The lowest BCUT2D eigenvalue weighted by Gasteiger charge is -2.13. The third-order valence-electron chi connectivity index (χ3n) is 5.03. The van der Waals surface area contributed by atoms with E-state index in [1.54, 1.807) is 0 Å². The Balaban J connectivity index is 1.49. The van der Waals surface area contributed by atoms with E-state index in [0.717, 1.165) is 35.4 Å². The zero-order valence-corrected chi connectivity index (χ0v) is 15.6. The number of rotatable bonds is 3. The van der Waals surface area contributed by atoms with Crippen molar-refractivity contribution >= 4 is 11.5 Å². The fourth-order valence-electron chi connectivity index (χ4n) is 3.56. The number of hydrogen-bond donors (Lipinski definition) is 1. The normalized spacial score (nSPS) is 17.0. The number of hydrogen-bond acceptors (Lipinski definition) is 3. The van der Waals surface area contributed by atoms with Crippen LogP contribution in [0.5, 0.6) is 11.5 Å². The first-order valence-electron chi connectivity index (χ1n) is 9.47. The van der Waals surface area contributed by atoms with E-state index in [9.17, 15) is 18.0 Å². The highest BCUT2D eigenvalue weighted by molar-refractivity contribution is 5.96.